The van der Waals surface area contributed by atoms with Gasteiger partial charge in [0.25, 0.3) is 0 Å². The van der Waals surface area contributed by atoms with Crippen LogP contribution in [0.15, 0.2) is 36.4 Å². The largest absolute Gasteiger partial charge is 0.354 e. The van der Waals surface area contributed by atoms with E-state index < -0.39 is 0 Å². The molecule has 2 aromatic heterocycles. The second-order valence-corrected chi connectivity index (χ2v) is 9.69. The van der Waals surface area contributed by atoms with E-state index in [1.165, 1.54) is 0 Å². The van der Waals surface area contributed by atoms with Gasteiger partial charge in [-0.1, -0.05) is 12.1 Å². The summed E-state index contributed by atoms with van der Waals surface area (Å²) in [6.07, 6.45) is 2.53. The van der Waals surface area contributed by atoms with Crippen LogP contribution in [0.5, 0.6) is 0 Å². The normalized spacial score (nSPS) is 16.1. The van der Waals surface area contributed by atoms with Crippen molar-refractivity contribution in [1.82, 2.24) is 25.1 Å². The van der Waals surface area contributed by atoms with Crippen LogP contribution in [0, 0.1) is 12.8 Å². The van der Waals surface area contributed by atoms with Crippen LogP contribution in [0.2, 0.25) is 0 Å². The first-order chi connectivity index (χ1) is 17.4. The number of carbonyl (C=O) groups excluding carboxylic acids is 2. The van der Waals surface area contributed by atoms with Crippen molar-refractivity contribution in [2.45, 2.75) is 33.1 Å². The third-order valence-electron chi connectivity index (χ3n) is 6.40. The lowest BCUT2D eigenvalue weighted by Gasteiger charge is -2.35. The van der Waals surface area contributed by atoms with Crippen molar-refractivity contribution in [3.05, 3.63) is 53.5 Å². The Hall–Kier alpha value is -3.79. The molecule has 3 aromatic rings. The highest BCUT2D eigenvalue weighted by Crippen LogP contribution is 2.30. The standard InChI is InChI=1S/C26H32N8O2/c1-17-13-24(32-31-17)29-23-15-25(34-11-9-33(10-12-34)16-18(2)35)30-22(28-23)14-19-3-7-21(8-4-19)27-26(36)20-5-6-20/h3-4,7-8,13,15,20H,5-6,9-12,14,16H2,1-2H3,(H,27,36)(H2,28,29,30,31,32). The van der Waals surface area contributed by atoms with Crippen LogP contribution in [0.3, 0.4) is 0 Å². The summed E-state index contributed by atoms with van der Waals surface area (Å²) in [7, 11) is 0. The second-order valence-electron chi connectivity index (χ2n) is 9.69. The number of aryl methyl sites for hydroxylation is 1. The lowest BCUT2D eigenvalue weighted by Crippen LogP contribution is -2.48. The average Bonchev–Trinajstić information content (AvgIpc) is 3.63. The number of amides is 1. The molecule has 3 N–H and O–H groups in total. The Balaban J connectivity index is 1.32. The van der Waals surface area contributed by atoms with E-state index in [0.717, 1.165) is 61.8 Å². The number of benzene rings is 1. The van der Waals surface area contributed by atoms with Crippen LogP contribution in [0.25, 0.3) is 0 Å². The van der Waals surface area contributed by atoms with Crippen molar-refractivity contribution in [1.29, 1.82) is 0 Å². The van der Waals surface area contributed by atoms with Crippen molar-refractivity contribution in [3.8, 4) is 0 Å². The zero-order chi connectivity index (χ0) is 25.1. The number of aromatic amines is 1. The zero-order valence-electron chi connectivity index (χ0n) is 20.8. The van der Waals surface area contributed by atoms with Gasteiger partial charge >= 0.3 is 0 Å². The molecule has 10 heteroatoms. The van der Waals surface area contributed by atoms with Crippen LogP contribution in [0.1, 0.15) is 36.8 Å². The Labute approximate surface area is 210 Å². The Bertz CT molecular complexity index is 1230. The first-order valence-corrected chi connectivity index (χ1v) is 12.4. The summed E-state index contributed by atoms with van der Waals surface area (Å²) in [5.74, 6) is 3.40. The van der Waals surface area contributed by atoms with E-state index in [9.17, 15) is 9.59 Å². The van der Waals surface area contributed by atoms with Gasteiger partial charge in [0.1, 0.15) is 23.2 Å². The molecule has 3 heterocycles. The Morgan fingerprint density at radius 2 is 1.78 bits per heavy atom. The maximum atomic E-state index is 12.0. The monoisotopic (exact) mass is 488 g/mol. The topological polar surface area (TPSA) is 119 Å². The molecule has 5 rings (SSSR count). The highest BCUT2D eigenvalue weighted by Gasteiger charge is 2.29. The molecule has 1 amide bonds. The lowest BCUT2D eigenvalue weighted by atomic mass is 10.1. The Morgan fingerprint density at radius 3 is 2.42 bits per heavy atom. The predicted molar refractivity (Wildman–Crippen MR) is 139 cm³/mol. The number of nitrogens with one attached hydrogen (secondary N) is 3. The van der Waals surface area contributed by atoms with Crippen LogP contribution in [-0.4, -0.2) is 69.5 Å². The fourth-order valence-corrected chi connectivity index (χ4v) is 4.33. The molecule has 188 valence electrons. The van der Waals surface area contributed by atoms with Gasteiger partial charge in [-0.15, -0.1) is 0 Å². The van der Waals surface area contributed by atoms with Crippen molar-refractivity contribution < 1.29 is 9.59 Å². The smallest absolute Gasteiger partial charge is 0.227 e. The first-order valence-electron chi connectivity index (χ1n) is 12.4. The van der Waals surface area contributed by atoms with Crippen LogP contribution >= 0.6 is 0 Å². The van der Waals surface area contributed by atoms with Crippen LogP contribution in [-0.2, 0) is 16.0 Å². The van der Waals surface area contributed by atoms with E-state index in [0.29, 0.717) is 30.4 Å². The van der Waals surface area contributed by atoms with Crippen molar-refractivity contribution in [3.63, 3.8) is 0 Å². The van der Waals surface area contributed by atoms with Crippen molar-refractivity contribution >= 4 is 34.8 Å². The summed E-state index contributed by atoms with van der Waals surface area (Å²) in [5.41, 5.74) is 2.83. The lowest BCUT2D eigenvalue weighted by molar-refractivity contribution is -0.118. The maximum absolute atomic E-state index is 12.0. The molecule has 2 fully saturated rings. The van der Waals surface area contributed by atoms with E-state index in [4.69, 9.17) is 9.97 Å². The molecule has 1 aromatic carbocycles. The summed E-state index contributed by atoms with van der Waals surface area (Å²) in [6.45, 7) is 7.28. The summed E-state index contributed by atoms with van der Waals surface area (Å²) >= 11 is 0. The molecule has 10 nitrogen and oxygen atoms in total. The van der Waals surface area contributed by atoms with E-state index >= 15 is 0 Å². The van der Waals surface area contributed by atoms with Gasteiger partial charge in [0.2, 0.25) is 5.91 Å². The molecule has 0 bridgehead atoms. The van der Waals surface area contributed by atoms with Gasteiger partial charge in [-0.2, -0.15) is 5.10 Å². The summed E-state index contributed by atoms with van der Waals surface area (Å²) < 4.78 is 0. The van der Waals surface area contributed by atoms with Gasteiger partial charge in [0.05, 0.1) is 6.54 Å². The average molecular weight is 489 g/mol. The third-order valence-corrected chi connectivity index (χ3v) is 6.40. The van der Waals surface area contributed by atoms with E-state index in [1.54, 1.807) is 6.92 Å². The van der Waals surface area contributed by atoms with Gasteiger partial charge in [0, 0.05) is 62.0 Å². The maximum Gasteiger partial charge on any atom is 0.227 e. The number of piperazine rings is 1. The number of nitrogens with zero attached hydrogens (tertiary/aromatic N) is 5. The van der Waals surface area contributed by atoms with Gasteiger partial charge in [-0.3, -0.25) is 19.6 Å². The van der Waals surface area contributed by atoms with Gasteiger partial charge in [-0.25, -0.2) is 9.97 Å². The molecule has 1 saturated heterocycles. The Kier molecular flexibility index (Phi) is 6.95. The minimum atomic E-state index is 0.103. The van der Waals surface area contributed by atoms with Gasteiger partial charge < -0.3 is 15.5 Å². The number of rotatable bonds is 9. The number of hydrogen-bond donors (Lipinski definition) is 3. The predicted octanol–water partition coefficient (Wildman–Crippen LogP) is 2.90. The quantitative estimate of drug-likeness (QED) is 0.421. The van der Waals surface area contributed by atoms with Crippen molar-refractivity contribution in [2.24, 2.45) is 5.92 Å². The molecule has 2 aliphatic rings. The van der Waals surface area contributed by atoms with Crippen molar-refractivity contribution in [2.75, 3.05) is 48.3 Å². The number of aromatic nitrogens is 4. The molecule has 0 radical (unpaired) electrons. The van der Waals surface area contributed by atoms with E-state index in [1.807, 2.05) is 43.3 Å². The molecule has 0 unspecified atom stereocenters. The third kappa shape index (κ3) is 6.25. The number of H-pyrrole nitrogens is 1. The Morgan fingerprint density at radius 1 is 1.03 bits per heavy atom. The molecular weight excluding hydrogens is 456 g/mol. The summed E-state index contributed by atoms with van der Waals surface area (Å²) in [4.78, 5) is 37.6. The molecule has 36 heavy (non-hydrogen) atoms. The van der Waals surface area contributed by atoms with Crippen LogP contribution < -0.4 is 15.5 Å². The number of Topliss-reactive ketones (excluding diaryl/α,β-unsaturated/α-hetero) is 1. The van der Waals surface area contributed by atoms with Gasteiger partial charge in [0.15, 0.2) is 5.82 Å². The second kappa shape index (κ2) is 10.4. The fourth-order valence-electron chi connectivity index (χ4n) is 4.33. The van der Waals surface area contributed by atoms with Gasteiger partial charge in [-0.05, 0) is 44.4 Å². The molecular formula is C26H32N8O2. The zero-order valence-corrected chi connectivity index (χ0v) is 20.8. The number of hydrogen-bond acceptors (Lipinski definition) is 8. The highest BCUT2D eigenvalue weighted by atomic mass is 16.2. The number of anilines is 4. The number of ketones is 1. The molecule has 1 saturated carbocycles. The highest BCUT2D eigenvalue weighted by molar-refractivity contribution is 5.94. The minimum absolute atomic E-state index is 0.103. The minimum Gasteiger partial charge on any atom is -0.354 e. The fraction of sp³-hybridized carbons (Fsp3) is 0.423. The molecule has 1 aliphatic carbocycles. The number of carbonyl (C=O) groups is 2. The summed E-state index contributed by atoms with van der Waals surface area (Å²) in [5, 5.41) is 13.5. The first kappa shape index (κ1) is 23.9. The molecule has 0 atom stereocenters. The summed E-state index contributed by atoms with van der Waals surface area (Å²) in [6, 6.07) is 11.7. The molecule has 0 spiro atoms. The van der Waals surface area contributed by atoms with Crippen LogP contribution in [0.4, 0.5) is 23.1 Å². The SMILES string of the molecule is CC(=O)CN1CCN(c2cc(Nc3cc(C)[nH]n3)nc(Cc3ccc(NC(=O)C4CC4)cc3)n2)CC1. The van der Waals surface area contributed by atoms with E-state index in [2.05, 4.69) is 30.6 Å². The van der Waals surface area contributed by atoms with E-state index in [-0.39, 0.29) is 17.6 Å². The molecule has 1 aliphatic heterocycles.